The molecule has 1 aromatic heterocycles. The van der Waals surface area contributed by atoms with Gasteiger partial charge in [0.2, 0.25) is 11.9 Å². The number of ketones is 1. The lowest BCUT2D eigenvalue weighted by Crippen LogP contribution is -2.50. The minimum absolute atomic E-state index is 0.00534. The molecule has 2 aromatic carbocycles. The van der Waals surface area contributed by atoms with Crippen LogP contribution < -0.4 is 15.4 Å². The van der Waals surface area contributed by atoms with Gasteiger partial charge in [-0.25, -0.2) is 4.98 Å². The predicted octanol–water partition coefficient (Wildman–Crippen LogP) is 3.28. The van der Waals surface area contributed by atoms with Crippen LogP contribution in [0.1, 0.15) is 48.5 Å². The Morgan fingerprint density at radius 1 is 1.06 bits per heavy atom. The lowest BCUT2D eigenvalue weighted by molar-refractivity contribution is -0.128. The number of aliphatic hydroxyl groups excluding tert-OH is 1. The van der Waals surface area contributed by atoms with Gasteiger partial charge in [-0.2, -0.15) is 0 Å². The Labute approximate surface area is 210 Å². The Balaban J connectivity index is 1.57. The zero-order valence-electron chi connectivity index (χ0n) is 20.3. The molecule has 0 saturated heterocycles. The lowest BCUT2D eigenvalue weighted by atomic mass is 10.00. The second-order valence-electron chi connectivity index (χ2n) is 8.39. The largest absolute Gasteiger partial charge is 0.494 e. The van der Waals surface area contributed by atoms with E-state index in [4.69, 9.17) is 4.74 Å². The van der Waals surface area contributed by atoms with Gasteiger partial charge in [-0.15, -0.1) is 0 Å². The van der Waals surface area contributed by atoms with Crippen LogP contribution in [-0.2, 0) is 16.0 Å². The fourth-order valence-corrected chi connectivity index (χ4v) is 3.54. The van der Waals surface area contributed by atoms with Crippen LogP contribution in [0.15, 0.2) is 67.0 Å². The number of unbranched alkanes of at least 4 members (excludes halogenated alkanes) is 1. The maximum Gasteiger partial charge on any atom is 0.257 e. The summed E-state index contributed by atoms with van der Waals surface area (Å²) in [5, 5.41) is 15.9. The van der Waals surface area contributed by atoms with Crippen molar-refractivity contribution in [3.63, 3.8) is 0 Å². The number of benzene rings is 2. The van der Waals surface area contributed by atoms with Gasteiger partial charge in [0, 0.05) is 30.8 Å². The summed E-state index contributed by atoms with van der Waals surface area (Å²) >= 11 is 0. The summed E-state index contributed by atoms with van der Waals surface area (Å²) in [7, 11) is 0. The first-order chi connectivity index (χ1) is 17.5. The van der Waals surface area contributed by atoms with E-state index in [0.717, 1.165) is 18.4 Å². The Bertz CT molecular complexity index is 1100. The third kappa shape index (κ3) is 8.35. The zero-order chi connectivity index (χ0) is 25.8. The molecular formula is C27H32N4O5. The molecule has 0 aliphatic carbocycles. The first-order valence-electron chi connectivity index (χ1n) is 12.0. The third-order valence-electron chi connectivity index (χ3n) is 5.56. The molecule has 36 heavy (non-hydrogen) atoms. The highest BCUT2D eigenvalue weighted by molar-refractivity contribution is 5.98. The molecule has 0 unspecified atom stereocenters. The Morgan fingerprint density at radius 2 is 1.81 bits per heavy atom. The highest BCUT2D eigenvalue weighted by Gasteiger charge is 2.28. The van der Waals surface area contributed by atoms with Crippen LogP contribution in [0, 0.1) is 0 Å². The number of aromatic nitrogens is 2. The number of hydrogen-bond acceptors (Lipinski definition) is 6. The second kappa shape index (κ2) is 13.8. The topological polar surface area (TPSA) is 133 Å². The first kappa shape index (κ1) is 26.6. The van der Waals surface area contributed by atoms with Crippen molar-refractivity contribution in [2.45, 2.75) is 51.2 Å². The van der Waals surface area contributed by atoms with Crippen LogP contribution in [0.5, 0.6) is 5.75 Å². The molecule has 4 N–H and O–H groups in total. The van der Waals surface area contributed by atoms with Crippen LogP contribution in [-0.4, -0.2) is 51.4 Å². The van der Waals surface area contributed by atoms with E-state index in [0.29, 0.717) is 17.9 Å². The minimum Gasteiger partial charge on any atom is -0.494 e. The van der Waals surface area contributed by atoms with Crippen molar-refractivity contribution in [1.29, 1.82) is 0 Å². The number of amides is 2. The van der Waals surface area contributed by atoms with Crippen molar-refractivity contribution in [3.05, 3.63) is 78.1 Å². The van der Waals surface area contributed by atoms with E-state index in [-0.39, 0.29) is 31.0 Å². The van der Waals surface area contributed by atoms with Crippen molar-refractivity contribution in [1.82, 2.24) is 15.3 Å². The summed E-state index contributed by atoms with van der Waals surface area (Å²) in [6.07, 6.45) is 3.61. The van der Waals surface area contributed by atoms with E-state index >= 15 is 0 Å². The quantitative estimate of drug-likeness (QED) is 0.202. The number of anilines is 1. The number of Topliss-reactive ketones (excluding diaryl/α,β-unsaturated/α-hetero) is 1. The van der Waals surface area contributed by atoms with Gasteiger partial charge in [0.25, 0.3) is 5.91 Å². The monoisotopic (exact) mass is 492 g/mol. The minimum atomic E-state index is -1.53. The second-order valence-corrected chi connectivity index (χ2v) is 8.39. The number of ether oxygens (including phenoxy) is 1. The van der Waals surface area contributed by atoms with E-state index in [1.54, 1.807) is 24.3 Å². The molecule has 3 rings (SSSR count). The number of nitrogens with zero attached hydrogens (tertiary/aromatic N) is 1. The van der Waals surface area contributed by atoms with Gasteiger partial charge in [0.05, 0.1) is 12.6 Å². The fraction of sp³-hybridized carbons (Fsp3) is 0.333. The number of nitrogens with one attached hydrogen (secondary N) is 3. The average Bonchev–Trinajstić information content (AvgIpc) is 3.40. The van der Waals surface area contributed by atoms with E-state index in [1.165, 1.54) is 12.4 Å². The smallest absolute Gasteiger partial charge is 0.257 e. The first-order valence-corrected chi connectivity index (χ1v) is 12.0. The summed E-state index contributed by atoms with van der Waals surface area (Å²) in [6, 6.07) is 15.2. The molecule has 9 nitrogen and oxygen atoms in total. The van der Waals surface area contributed by atoms with Gasteiger partial charge < -0.3 is 20.1 Å². The molecule has 1 heterocycles. The van der Waals surface area contributed by atoms with Crippen LogP contribution in [0.3, 0.4) is 0 Å². The molecule has 0 fully saturated rings. The Hall–Kier alpha value is -3.98. The van der Waals surface area contributed by atoms with E-state index in [2.05, 4.69) is 27.5 Å². The van der Waals surface area contributed by atoms with Gasteiger partial charge in [-0.3, -0.25) is 19.7 Å². The Kier molecular flexibility index (Phi) is 10.2. The van der Waals surface area contributed by atoms with Crippen molar-refractivity contribution < 1.29 is 24.2 Å². The zero-order valence-corrected chi connectivity index (χ0v) is 20.3. The van der Waals surface area contributed by atoms with Crippen LogP contribution in [0.2, 0.25) is 0 Å². The van der Waals surface area contributed by atoms with Gasteiger partial charge in [0.1, 0.15) is 5.75 Å². The van der Waals surface area contributed by atoms with Crippen LogP contribution in [0.4, 0.5) is 5.95 Å². The number of aliphatic hydroxyl groups is 1. The highest BCUT2D eigenvalue weighted by Crippen LogP contribution is 2.15. The van der Waals surface area contributed by atoms with E-state index < -0.39 is 24.0 Å². The van der Waals surface area contributed by atoms with Crippen molar-refractivity contribution in [3.8, 4) is 5.75 Å². The van der Waals surface area contributed by atoms with Gasteiger partial charge in [-0.1, -0.05) is 43.7 Å². The lowest BCUT2D eigenvalue weighted by Gasteiger charge is -2.23. The molecule has 190 valence electrons. The number of carbonyl (C=O) groups excluding carboxylic acids is 3. The summed E-state index contributed by atoms with van der Waals surface area (Å²) in [5.74, 6) is -0.433. The van der Waals surface area contributed by atoms with E-state index in [9.17, 15) is 19.5 Å². The molecule has 0 aliphatic rings. The van der Waals surface area contributed by atoms with Gasteiger partial charge in [0.15, 0.2) is 11.9 Å². The van der Waals surface area contributed by atoms with E-state index in [1.807, 2.05) is 30.3 Å². The van der Waals surface area contributed by atoms with Gasteiger partial charge in [-0.05, 0) is 42.7 Å². The van der Waals surface area contributed by atoms with Crippen molar-refractivity contribution in [2.24, 2.45) is 0 Å². The number of rotatable bonds is 14. The number of hydrogen-bond donors (Lipinski definition) is 4. The number of H-pyrrole nitrogens is 1. The molecule has 2 amide bonds. The third-order valence-corrected chi connectivity index (χ3v) is 5.56. The van der Waals surface area contributed by atoms with Gasteiger partial charge >= 0.3 is 0 Å². The standard InChI is InChI=1S/C27H32N4O5/c1-2-3-17-36-21-11-9-20(10-12-21)23(32)13-14-24(33)30-22(18-19-7-5-4-6-8-19)25(34)26(35)31-27-28-15-16-29-27/h4-12,15-16,22,25,34H,2-3,13-14,17-18H2,1H3,(H,30,33)(H2,28,29,31,35)/t22-,25+/m0/s1. The summed E-state index contributed by atoms with van der Waals surface area (Å²) < 4.78 is 5.61. The predicted molar refractivity (Wildman–Crippen MR) is 136 cm³/mol. The van der Waals surface area contributed by atoms with Crippen molar-refractivity contribution >= 4 is 23.5 Å². The van der Waals surface area contributed by atoms with Crippen molar-refractivity contribution in [2.75, 3.05) is 11.9 Å². The average molecular weight is 493 g/mol. The molecule has 3 aromatic rings. The summed E-state index contributed by atoms with van der Waals surface area (Å²) in [6.45, 7) is 2.71. The number of imidazole rings is 1. The summed E-state index contributed by atoms with van der Waals surface area (Å²) in [4.78, 5) is 44.4. The highest BCUT2D eigenvalue weighted by atomic mass is 16.5. The maximum absolute atomic E-state index is 12.7. The number of carbonyl (C=O) groups is 3. The normalized spacial score (nSPS) is 12.4. The molecule has 2 atom stereocenters. The molecule has 0 radical (unpaired) electrons. The Morgan fingerprint density at radius 3 is 2.47 bits per heavy atom. The molecular weight excluding hydrogens is 460 g/mol. The SMILES string of the molecule is CCCCOc1ccc(C(=O)CCC(=O)N[C@@H](Cc2ccccc2)[C@@H](O)C(=O)Nc2ncc[nH]2)cc1. The molecule has 0 spiro atoms. The molecule has 9 heteroatoms. The number of aromatic amines is 1. The molecule has 0 bridgehead atoms. The van der Waals surface area contributed by atoms with Crippen LogP contribution in [0.25, 0.3) is 0 Å². The maximum atomic E-state index is 12.7. The van der Waals surface area contributed by atoms with Crippen LogP contribution >= 0.6 is 0 Å². The fourth-order valence-electron chi connectivity index (χ4n) is 3.54. The molecule has 0 saturated carbocycles. The summed E-state index contributed by atoms with van der Waals surface area (Å²) in [5.41, 5.74) is 1.33. The molecule has 0 aliphatic heterocycles.